The minimum absolute atomic E-state index is 0.0172. The number of hydrogen-bond donors (Lipinski definition) is 1. The Balaban J connectivity index is 1.51. The average molecular weight is 572 g/mol. The van der Waals surface area contributed by atoms with Crippen molar-refractivity contribution in [1.82, 2.24) is 29.8 Å². The van der Waals surface area contributed by atoms with Crippen molar-refractivity contribution in [3.8, 4) is 28.2 Å². The fraction of sp³-hybridized carbons (Fsp3) is 0.267. The molecule has 0 amide bonds. The van der Waals surface area contributed by atoms with Gasteiger partial charge in [0.15, 0.2) is 0 Å². The van der Waals surface area contributed by atoms with Gasteiger partial charge in [0.2, 0.25) is 5.82 Å². The van der Waals surface area contributed by atoms with Crippen LogP contribution < -0.4 is 5.69 Å². The van der Waals surface area contributed by atoms with Crippen LogP contribution in [-0.4, -0.2) is 29.8 Å². The summed E-state index contributed by atoms with van der Waals surface area (Å²) in [5.41, 5.74) is 7.17. The number of H-pyrrole nitrogens is 1. The van der Waals surface area contributed by atoms with Crippen LogP contribution in [0.5, 0.6) is 0 Å². The van der Waals surface area contributed by atoms with Gasteiger partial charge >= 0.3 is 5.69 Å². The standard InChI is InChI=1S/C30H31BrN6O/c1-4-5-9-23-19-37(28-24(20(2)3)12-8-13-27(28)31)30(38)36(23)18-21-14-16-22(17-15-21)25-10-6-7-11-26(25)29-32-34-35-33-29/h6-8,10-17,19-20H,4-5,9,18H2,1-3H3,(H,32,33,34,35). The van der Waals surface area contributed by atoms with E-state index in [9.17, 15) is 4.79 Å². The summed E-state index contributed by atoms with van der Waals surface area (Å²) in [6, 6.07) is 22.5. The number of unbranched alkanes of at least 4 members (excludes halogenated alkanes) is 1. The lowest BCUT2D eigenvalue weighted by Crippen LogP contribution is -2.25. The summed E-state index contributed by atoms with van der Waals surface area (Å²) < 4.78 is 4.66. The average Bonchev–Trinajstić information content (AvgIpc) is 3.57. The van der Waals surface area contributed by atoms with Crippen LogP contribution in [0, 0.1) is 0 Å². The zero-order valence-electron chi connectivity index (χ0n) is 21.9. The highest BCUT2D eigenvalue weighted by atomic mass is 79.9. The van der Waals surface area contributed by atoms with Crippen molar-refractivity contribution in [3.63, 3.8) is 0 Å². The first-order valence-electron chi connectivity index (χ1n) is 13.0. The molecular weight excluding hydrogens is 540 g/mol. The number of para-hydroxylation sites is 1. The van der Waals surface area contributed by atoms with Gasteiger partial charge in [-0.2, -0.15) is 5.21 Å². The first kappa shape index (κ1) is 25.9. The van der Waals surface area contributed by atoms with E-state index in [1.807, 2.05) is 45.7 Å². The highest BCUT2D eigenvalue weighted by Crippen LogP contribution is 2.31. The molecule has 0 aliphatic heterocycles. The molecule has 0 fully saturated rings. The molecule has 0 saturated heterocycles. The number of imidazole rings is 1. The molecule has 7 nitrogen and oxygen atoms in total. The third kappa shape index (κ3) is 5.13. The maximum Gasteiger partial charge on any atom is 0.333 e. The topological polar surface area (TPSA) is 81.4 Å². The normalized spacial score (nSPS) is 11.4. The van der Waals surface area contributed by atoms with Gasteiger partial charge in [-0.15, -0.1) is 10.2 Å². The van der Waals surface area contributed by atoms with Crippen molar-refractivity contribution in [3.05, 3.63) is 105 Å². The number of nitrogens with one attached hydrogen (secondary N) is 1. The lowest BCUT2D eigenvalue weighted by Gasteiger charge is -2.14. The number of halogens is 1. The van der Waals surface area contributed by atoms with E-state index in [0.29, 0.717) is 18.3 Å². The fourth-order valence-electron chi connectivity index (χ4n) is 4.84. The molecule has 8 heteroatoms. The van der Waals surface area contributed by atoms with Crippen LogP contribution in [0.15, 0.2) is 82.2 Å². The van der Waals surface area contributed by atoms with Crippen LogP contribution in [0.2, 0.25) is 0 Å². The molecule has 0 saturated carbocycles. The lowest BCUT2D eigenvalue weighted by molar-refractivity contribution is 0.673. The van der Waals surface area contributed by atoms with E-state index in [1.165, 1.54) is 0 Å². The Bertz CT molecular complexity index is 1580. The second-order valence-electron chi connectivity index (χ2n) is 9.77. The van der Waals surface area contributed by atoms with Gasteiger partial charge in [-0.3, -0.25) is 9.13 Å². The first-order chi connectivity index (χ1) is 18.5. The quantitative estimate of drug-likeness (QED) is 0.212. The van der Waals surface area contributed by atoms with Crippen molar-refractivity contribution < 1.29 is 0 Å². The van der Waals surface area contributed by atoms with Crippen molar-refractivity contribution >= 4 is 15.9 Å². The second-order valence-corrected chi connectivity index (χ2v) is 10.6. The monoisotopic (exact) mass is 570 g/mol. The zero-order valence-corrected chi connectivity index (χ0v) is 23.4. The molecule has 0 atom stereocenters. The Morgan fingerprint density at radius 3 is 2.42 bits per heavy atom. The number of benzene rings is 3. The van der Waals surface area contributed by atoms with Gasteiger partial charge in [0.25, 0.3) is 0 Å². The molecule has 0 aliphatic rings. The molecule has 0 aliphatic carbocycles. The second kappa shape index (κ2) is 11.3. The molecule has 0 unspecified atom stereocenters. The fourth-order valence-corrected chi connectivity index (χ4v) is 5.42. The van der Waals surface area contributed by atoms with Gasteiger partial charge in [-0.05, 0) is 68.2 Å². The van der Waals surface area contributed by atoms with Crippen molar-refractivity contribution in [1.29, 1.82) is 0 Å². The molecule has 2 heterocycles. The Hall–Kier alpha value is -3.78. The maximum atomic E-state index is 13.8. The summed E-state index contributed by atoms with van der Waals surface area (Å²) in [6.45, 7) is 7.00. The third-order valence-corrected chi connectivity index (χ3v) is 7.49. The predicted octanol–water partition coefficient (Wildman–Crippen LogP) is 6.76. The van der Waals surface area contributed by atoms with Crippen LogP contribution in [0.3, 0.4) is 0 Å². The Kier molecular flexibility index (Phi) is 7.69. The minimum atomic E-state index is -0.0172. The smallest absolute Gasteiger partial charge is 0.292 e. The largest absolute Gasteiger partial charge is 0.333 e. The van der Waals surface area contributed by atoms with Crippen molar-refractivity contribution in [2.45, 2.75) is 52.5 Å². The number of rotatable bonds is 9. The van der Waals surface area contributed by atoms with E-state index in [0.717, 1.165) is 62.9 Å². The molecule has 2 aromatic heterocycles. The van der Waals surface area contributed by atoms with Crippen LogP contribution in [0.4, 0.5) is 0 Å². The number of aromatic nitrogens is 6. The highest BCUT2D eigenvalue weighted by Gasteiger charge is 2.19. The molecule has 0 radical (unpaired) electrons. The molecule has 0 spiro atoms. The van der Waals surface area contributed by atoms with Gasteiger partial charge < -0.3 is 0 Å². The molecule has 38 heavy (non-hydrogen) atoms. The Morgan fingerprint density at radius 2 is 1.74 bits per heavy atom. The lowest BCUT2D eigenvalue weighted by atomic mass is 9.98. The van der Waals surface area contributed by atoms with Gasteiger partial charge in [0, 0.05) is 21.9 Å². The molecule has 5 aromatic rings. The molecule has 0 bridgehead atoms. The summed E-state index contributed by atoms with van der Waals surface area (Å²) >= 11 is 3.71. The third-order valence-electron chi connectivity index (χ3n) is 6.85. The van der Waals surface area contributed by atoms with Crippen LogP contribution in [-0.2, 0) is 13.0 Å². The summed E-state index contributed by atoms with van der Waals surface area (Å²) in [7, 11) is 0. The van der Waals surface area contributed by atoms with Gasteiger partial charge in [-0.25, -0.2) is 4.79 Å². The van der Waals surface area contributed by atoms with Crippen molar-refractivity contribution in [2.24, 2.45) is 0 Å². The van der Waals surface area contributed by atoms with Crippen molar-refractivity contribution in [2.75, 3.05) is 0 Å². The van der Waals surface area contributed by atoms with E-state index < -0.39 is 0 Å². The number of tetrazole rings is 1. The van der Waals surface area contributed by atoms with E-state index in [4.69, 9.17) is 0 Å². The number of aryl methyl sites for hydroxylation is 1. The minimum Gasteiger partial charge on any atom is -0.292 e. The van der Waals surface area contributed by atoms with Crippen LogP contribution >= 0.6 is 15.9 Å². The Morgan fingerprint density at radius 1 is 0.974 bits per heavy atom. The van der Waals surface area contributed by atoms with Crippen LogP contribution in [0.25, 0.3) is 28.2 Å². The number of hydrogen-bond acceptors (Lipinski definition) is 4. The number of aromatic amines is 1. The van der Waals surface area contributed by atoms with Crippen LogP contribution in [0.1, 0.15) is 56.4 Å². The maximum absolute atomic E-state index is 13.8. The first-order valence-corrected chi connectivity index (χ1v) is 13.8. The van der Waals surface area contributed by atoms with E-state index >= 15 is 0 Å². The van der Waals surface area contributed by atoms with E-state index in [-0.39, 0.29) is 5.69 Å². The van der Waals surface area contributed by atoms with E-state index in [1.54, 1.807) is 0 Å². The van der Waals surface area contributed by atoms with Gasteiger partial charge in [0.1, 0.15) is 0 Å². The Labute approximate surface area is 230 Å². The summed E-state index contributed by atoms with van der Waals surface area (Å²) in [5, 5.41) is 14.5. The van der Waals surface area contributed by atoms with Gasteiger partial charge in [0.05, 0.1) is 12.2 Å². The molecule has 194 valence electrons. The highest BCUT2D eigenvalue weighted by molar-refractivity contribution is 9.10. The summed E-state index contributed by atoms with van der Waals surface area (Å²) in [4.78, 5) is 13.8. The molecule has 5 rings (SSSR count). The molecule has 3 aromatic carbocycles. The SMILES string of the molecule is CCCCc1cn(-c2c(Br)cccc2C(C)C)c(=O)n1Cc1ccc(-c2ccccc2-c2nn[nH]n2)cc1. The summed E-state index contributed by atoms with van der Waals surface area (Å²) in [5.74, 6) is 0.852. The van der Waals surface area contributed by atoms with E-state index in [2.05, 4.69) is 93.7 Å². The molecular formula is C30H31BrN6O. The molecule has 1 N–H and O–H groups in total. The predicted molar refractivity (Wildman–Crippen MR) is 155 cm³/mol. The summed E-state index contributed by atoms with van der Waals surface area (Å²) in [6.07, 6.45) is 4.98. The number of nitrogens with zero attached hydrogens (tertiary/aromatic N) is 5. The van der Waals surface area contributed by atoms with Gasteiger partial charge in [-0.1, -0.05) is 87.9 Å². The zero-order chi connectivity index (χ0) is 26.6.